The van der Waals surface area contributed by atoms with Gasteiger partial charge in [0.25, 0.3) is 5.91 Å². The van der Waals surface area contributed by atoms with E-state index in [0.717, 1.165) is 18.8 Å². The fraction of sp³-hybridized carbons (Fsp3) is 0.750. The number of amides is 1. The number of aromatic nitrogens is 2. The topological polar surface area (TPSA) is 61.0 Å². The number of aromatic amines is 1. The van der Waals surface area contributed by atoms with E-state index in [1.165, 1.54) is 25.7 Å². The van der Waals surface area contributed by atoms with Crippen LogP contribution >= 0.6 is 0 Å². The molecule has 1 unspecified atom stereocenters. The van der Waals surface area contributed by atoms with E-state index in [4.69, 9.17) is 0 Å². The Balaban J connectivity index is 1.91. The second kappa shape index (κ2) is 7.59. The quantitative estimate of drug-likeness (QED) is 0.875. The van der Waals surface area contributed by atoms with E-state index in [1.807, 2.05) is 6.92 Å². The van der Waals surface area contributed by atoms with Crippen molar-refractivity contribution in [1.29, 1.82) is 0 Å². The smallest absolute Gasteiger partial charge is 0.271 e. The number of likely N-dealkylation sites (tertiary alicyclic amines) is 1. The van der Waals surface area contributed by atoms with Gasteiger partial charge >= 0.3 is 0 Å². The normalized spacial score (nSPS) is 18.5. The van der Waals surface area contributed by atoms with Gasteiger partial charge in [-0.3, -0.25) is 14.8 Å². The summed E-state index contributed by atoms with van der Waals surface area (Å²) in [6, 6.07) is 2.19. The summed E-state index contributed by atoms with van der Waals surface area (Å²) in [5, 5.41) is 9.87. The van der Waals surface area contributed by atoms with Gasteiger partial charge in [-0.2, -0.15) is 5.10 Å². The Morgan fingerprint density at radius 1 is 1.33 bits per heavy atom. The molecule has 1 aliphatic heterocycles. The van der Waals surface area contributed by atoms with Crippen molar-refractivity contribution in [3.05, 3.63) is 17.5 Å². The lowest BCUT2D eigenvalue weighted by Crippen LogP contribution is -2.47. The summed E-state index contributed by atoms with van der Waals surface area (Å²) < 4.78 is 0. The molecule has 0 bridgehead atoms. The summed E-state index contributed by atoms with van der Waals surface area (Å²) in [6.07, 6.45) is 5.21. The van der Waals surface area contributed by atoms with Gasteiger partial charge in [-0.25, -0.2) is 0 Å². The molecule has 2 rings (SSSR count). The van der Waals surface area contributed by atoms with Crippen LogP contribution in [0.15, 0.2) is 6.07 Å². The zero-order chi connectivity index (χ0) is 15.2. The molecule has 1 aromatic rings. The van der Waals surface area contributed by atoms with E-state index < -0.39 is 0 Å². The Kier molecular flexibility index (Phi) is 5.79. The molecule has 2 N–H and O–H groups in total. The van der Waals surface area contributed by atoms with Gasteiger partial charge in [-0.1, -0.05) is 26.7 Å². The minimum Gasteiger partial charge on any atom is -0.349 e. The van der Waals surface area contributed by atoms with Crippen LogP contribution < -0.4 is 5.32 Å². The van der Waals surface area contributed by atoms with Gasteiger partial charge in [0, 0.05) is 18.3 Å². The molecule has 1 fully saturated rings. The van der Waals surface area contributed by atoms with Crippen LogP contribution in [0.4, 0.5) is 0 Å². The minimum absolute atomic E-state index is 0.0835. The predicted octanol–water partition coefficient (Wildman–Crippen LogP) is 2.35. The Morgan fingerprint density at radius 3 is 2.52 bits per heavy atom. The van der Waals surface area contributed by atoms with Crippen molar-refractivity contribution in [2.75, 3.05) is 19.6 Å². The third-order valence-corrected chi connectivity index (χ3v) is 4.29. The highest BCUT2D eigenvalue weighted by molar-refractivity contribution is 5.92. The summed E-state index contributed by atoms with van der Waals surface area (Å²) in [4.78, 5) is 14.7. The Morgan fingerprint density at radius 2 is 2.00 bits per heavy atom. The van der Waals surface area contributed by atoms with Gasteiger partial charge in [0.2, 0.25) is 0 Å². The maximum atomic E-state index is 12.1. The van der Waals surface area contributed by atoms with Crippen LogP contribution in [0, 0.1) is 12.8 Å². The van der Waals surface area contributed by atoms with Crippen LogP contribution in [-0.2, 0) is 0 Å². The molecule has 0 saturated carbocycles. The molecule has 2 heterocycles. The van der Waals surface area contributed by atoms with Gasteiger partial charge < -0.3 is 5.32 Å². The third-order valence-electron chi connectivity index (χ3n) is 4.29. The van der Waals surface area contributed by atoms with Crippen molar-refractivity contribution >= 4 is 5.91 Å². The maximum Gasteiger partial charge on any atom is 0.271 e. The highest BCUT2D eigenvalue weighted by Gasteiger charge is 2.23. The monoisotopic (exact) mass is 292 g/mol. The molecule has 1 aliphatic rings. The molecular weight excluding hydrogens is 264 g/mol. The predicted molar refractivity (Wildman–Crippen MR) is 84.3 cm³/mol. The van der Waals surface area contributed by atoms with Crippen LogP contribution in [0.25, 0.3) is 0 Å². The largest absolute Gasteiger partial charge is 0.349 e. The zero-order valence-corrected chi connectivity index (χ0v) is 13.5. The lowest BCUT2D eigenvalue weighted by Gasteiger charge is -2.33. The van der Waals surface area contributed by atoms with Crippen molar-refractivity contribution in [3.8, 4) is 0 Å². The van der Waals surface area contributed by atoms with Crippen molar-refractivity contribution in [2.24, 2.45) is 5.92 Å². The molecular formula is C16H28N4O. The summed E-state index contributed by atoms with van der Waals surface area (Å²) in [5.41, 5.74) is 1.39. The van der Waals surface area contributed by atoms with Gasteiger partial charge in [0.1, 0.15) is 5.69 Å². The molecule has 0 spiro atoms. The number of hydrogen-bond acceptors (Lipinski definition) is 3. The van der Waals surface area contributed by atoms with Gasteiger partial charge in [-0.15, -0.1) is 0 Å². The Bertz CT molecular complexity index is 447. The lowest BCUT2D eigenvalue weighted by atomic mass is 10.0. The standard InChI is InChI=1S/C16H28N4O/c1-12(2)15(20-8-6-4-5-7-9-20)11-17-16(21)14-10-13(3)18-19-14/h10,12,15H,4-9,11H2,1-3H3,(H,17,21)(H,18,19). The molecule has 1 aromatic heterocycles. The van der Waals surface area contributed by atoms with Crippen LogP contribution in [0.5, 0.6) is 0 Å². The summed E-state index contributed by atoms with van der Waals surface area (Å²) in [5.74, 6) is 0.448. The van der Waals surface area contributed by atoms with E-state index >= 15 is 0 Å². The zero-order valence-electron chi connectivity index (χ0n) is 13.5. The number of nitrogens with one attached hydrogen (secondary N) is 2. The lowest BCUT2D eigenvalue weighted by molar-refractivity contribution is 0.0912. The van der Waals surface area contributed by atoms with Crippen molar-refractivity contribution < 1.29 is 4.79 Å². The summed E-state index contributed by atoms with van der Waals surface area (Å²) in [6.45, 7) is 9.38. The first-order chi connectivity index (χ1) is 10.1. The molecule has 1 saturated heterocycles. The number of H-pyrrole nitrogens is 1. The maximum absolute atomic E-state index is 12.1. The Labute approximate surface area is 127 Å². The number of carbonyl (C=O) groups excluding carboxylic acids is 1. The number of hydrogen-bond donors (Lipinski definition) is 2. The molecule has 0 aliphatic carbocycles. The second-order valence-corrected chi connectivity index (χ2v) is 6.41. The van der Waals surface area contributed by atoms with E-state index in [-0.39, 0.29) is 5.91 Å². The van der Waals surface area contributed by atoms with Crippen molar-refractivity contribution in [1.82, 2.24) is 20.4 Å². The second-order valence-electron chi connectivity index (χ2n) is 6.41. The first-order valence-electron chi connectivity index (χ1n) is 8.12. The fourth-order valence-corrected chi connectivity index (χ4v) is 3.04. The first kappa shape index (κ1) is 16.0. The van der Waals surface area contributed by atoms with Crippen molar-refractivity contribution in [3.63, 3.8) is 0 Å². The van der Waals surface area contributed by atoms with E-state index in [2.05, 4.69) is 34.3 Å². The number of carbonyl (C=O) groups is 1. The molecule has 0 aromatic carbocycles. The van der Waals surface area contributed by atoms with Crippen LogP contribution in [0.1, 0.15) is 55.7 Å². The minimum atomic E-state index is -0.0835. The van der Waals surface area contributed by atoms with E-state index in [0.29, 0.717) is 24.2 Å². The fourth-order valence-electron chi connectivity index (χ4n) is 3.04. The van der Waals surface area contributed by atoms with E-state index in [1.54, 1.807) is 6.07 Å². The molecule has 21 heavy (non-hydrogen) atoms. The summed E-state index contributed by atoms with van der Waals surface area (Å²) in [7, 11) is 0. The third kappa shape index (κ3) is 4.56. The molecule has 5 heteroatoms. The average molecular weight is 292 g/mol. The average Bonchev–Trinajstić information content (AvgIpc) is 2.72. The highest BCUT2D eigenvalue weighted by Crippen LogP contribution is 2.17. The number of nitrogens with zero attached hydrogens (tertiary/aromatic N) is 2. The molecule has 118 valence electrons. The summed E-state index contributed by atoms with van der Waals surface area (Å²) >= 11 is 0. The number of aryl methyl sites for hydroxylation is 1. The first-order valence-corrected chi connectivity index (χ1v) is 8.12. The van der Waals surface area contributed by atoms with Crippen LogP contribution in [0.2, 0.25) is 0 Å². The highest BCUT2D eigenvalue weighted by atomic mass is 16.1. The molecule has 1 amide bonds. The van der Waals surface area contributed by atoms with E-state index in [9.17, 15) is 4.79 Å². The number of rotatable bonds is 5. The molecule has 1 atom stereocenters. The SMILES string of the molecule is Cc1cc(C(=O)NCC(C(C)C)N2CCCCCC2)n[nH]1. The molecule has 5 nitrogen and oxygen atoms in total. The van der Waals surface area contributed by atoms with Crippen LogP contribution in [-0.4, -0.2) is 46.7 Å². The molecule has 0 radical (unpaired) electrons. The van der Waals surface area contributed by atoms with Crippen LogP contribution in [0.3, 0.4) is 0 Å². The van der Waals surface area contributed by atoms with Gasteiger partial charge in [-0.05, 0) is 44.8 Å². The van der Waals surface area contributed by atoms with Gasteiger partial charge in [0.05, 0.1) is 0 Å². The van der Waals surface area contributed by atoms with Crippen molar-refractivity contribution in [2.45, 2.75) is 52.5 Å². The Hall–Kier alpha value is -1.36. The van der Waals surface area contributed by atoms with Gasteiger partial charge in [0.15, 0.2) is 0 Å².